The zero-order valence-electron chi connectivity index (χ0n) is 18.4. The van der Waals surface area contributed by atoms with Gasteiger partial charge < -0.3 is 14.8 Å². The molecule has 162 valence electrons. The second kappa shape index (κ2) is 9.74. The minimum atomic E-state index is -0.880. The molecule has 0 saturated heterocycles. The standard InChI is InChI=1S/C24H30FNO4/c1-15-7-9-18(10-8-15)21(19-11-13-20(25)14-12-19)17(3)29-22(27)16(2)26-23(28)30-24(4,5)6/h7-14,16-17,21H,1-6H3,(H,26,28)/t16-,17-,21+/m0/s1. The van der Waals surface area contributed by atoms with E-state index in [0.29, 0.717) is 0 Å². The summed E-state index contributed by atoms with van der Waals surface area (Å²) in [7, 11) is 0. The number of benzene rings is 2. The predicted molar refractivity (Wildman–Crippen MR) is 114 cm³/mol. The van der Waals surface area contributed by atoms with Gasteiger partial charge >= 0.3 is 12.1 Å². The van der Waals surface area contributed by atoms with E-state index in [1.54, 1.807) is 39.8 Å². The lowest BCUT2D eigenvalue weighted by Crippen LogP contribution is -2.43. The summed E-state index contributed by atoms with van der Waals surface area (Å²) >= 11 is 0. The number of hydrogen-bond donors (Lipinski definition) is 1. The van der Waals surface area contributed by atoms with Crippen molar-refractivity contribution in [2.24, 2.45) is 0 Å². The molecule has 0 aliphatic heterocycles. The molecule has 2 rings (SSSR count). The van der Waals surface area contributed by atoms with Gasteiger partial charge in [-0.2, -0.15) is 0 Å². The molecule has 30 heavy (non-hydrogen) atoms. The van der Waals surface area contributed by atoms with E-state index >= 15 is 0 Å². The summed E-state index contributed by atoms with van der Waals surface area (Å²) in [6.07, 6.45) is -1.23. The zero-order chi connectivity index (χ0) is 22.5. The number of halogens is 1. The highest BCUT2D eigenvalue weighted by Crippen LogP contribution is 2.30. The van der Waals surface area contributed by atoms with E-state index in [4.69, 9.17) is 9.47 Å². The van der Waals surface area contributed by atoms with Crippen molar-refractivity contribution in [3.63, 3.8) is 0 Å². The van der Waals surface area contributed by atoms with Crippen LogP contribution in [0.2, 0.25) is 0 Å². The Bertz CT molecular complexity index is 811. The summed E-state index contributed by atoms with van der Waals surface area (Å²) in [6.45, 7) is 10.5. The topological polar surface area (TPSA) is 64.6 Å². The largest absolute Gasteiger partial charge is 0.460 e. The number of hydrogen-bond acceptors (Lipinski definition) is 4. The number of alkyl carbamates (subject to hydrolysis) is 1. The first-order chi connectivity index (χ1) is 14.0. The third-order valence-electron chi connectivity index (χ3n) is 4.52. The molecule has 0 unspecified atom stereocenters. The van der Waals surface area contributed by atoms with Gasteiger partial charge in [0.15, 0.2) is 0 Å². The van der Waals surface area contributed by atoms with Crippen LogP contribution in [0.25, 0.3) is 0 Å². The number of carbonyl (C=O) groups excluding carboxylic acids is 2. The third kappa shape index (κ3) is 6.87. The number of rotatable bonds is 6. The summed E-state index contributed by atoms with van der Waals surface area (Å²) in [5, 5.41) is 2.49. The van der Waals surface area contributed by atoms with Crippen LogP contribution in [0.15, 0.2) is 48.5 Å². The van der Waals surface area contributed by atoms with Gasteiger partial charge in [0.2, 0.25) is 0 Å². The van der Waals surface area contributed by atoms with E-state index in [1.807, 2.05) is 31.2 Å². The van der Waals surface area contributed by atoms with Crippen LogP contribution in [0, 0.1) is 12.7 Å². The van der Waals surface area contributed by atoms with Gasteiger partial charge in [0.05, 0.1) is 0 Å². The van der Waals surface area contributed by atoms with Crippen LogP contribution in [-0.2, 0) is 14.3 Å². The molecule has 1 amide bonds. The lowest BCUT2D eigenvalue weighted by atomic mass is 9.87. The summed E-state index contributed by atoms with van der Waals surface area (Å²) in [5.74, 6) is -1.20. The van der Waals surface area contributed by atoms with Crippen LogP contribution < -0.4 is 5.32 Å². The number of ether oxygens (including phenoxy) is 2. The Labute approximate surface area is 177 Å². The molecule has 0 saturated carbocycles. The van der Waals surface area contributed by atoms with Crippen LogP contribution in [-0.4, -0.2) is 29.8 Å². The highest BCUT2D eigenvalue weighted by Gasteiger charge is 2.28. The molecule has 2 aromatic carbocycles. The molecule has 6 heteroatoms. The second-order valence-electron chi connectivity index (χ2n) is 8.45. The van der Waals surface area contributed by atoms with Crippen molar-refractivity contribution in [2.45, 2.75) is 65.2 Å². The average molecular weight is 416 g/mol. The molecule has 0 spiro atoms. The van der Waals surface area contributed by atoms with Crippen LogP contribution in [0.1, 0.15) is 57.2 Å². The van der Waals surface area contributed by atoms with Gasteiger partial charge in [-0.15, -0.1) is 0 Å². The van der Waals surface area contributed by atoms with E-state index in [9.17, 15) is 14.0 Å². The summed E-state index contributed by atoms with van der Waals surface area (Å²) in [4.78, 5) is 24.5. The normalized spacial score (nSPS) is 14.4. The molecule has 3 atom stereocenters. The number of amides is 1. The van der Waals surface area contributed by atoms with Crippen LogP contribution >= 0.6 is 0 Å². The smallest absolute Gasteiger partial charge is 0.408 e. The molecule has 5 nitrogen and oxygen atoms in total. The Morgan fingerprint density at radius 3 is 1.93 bits per heavy atom. The SMILES string of the molecule is Cc1ccc([C@H](c2ccc(F)cc2)[C@H](C)OC(=O)[C@H](C)NC(=O)OC(C)(C)C)cc1. The van der Waals surface area contributed by atoms with Gasteiger partial charge in [0.1, 0.15) is 23.6 Å². The number of esters is 1. The van der Waals surface area contributed by atoms with Gasteiger partial charge in [0.25, 0.3) is 0 Å². The molecule has 0 heterocycles. The highest BCUT2D eigenvalue weighted by atomic mass is 19.1. The molecule has 1 N–H and O–H groups in total. The van der Waals surface area contributed by atoms with Crippen molar-refractivity contribution >= 4 is 12.1 Å². The van der Waals surface area contributed by atoms with E-state index in [-0.39, 0.29) is 11.7 Å². The van der Waals surface area contributed by atoms with Crippen molar-refractivity contribution in [3.05, 3.63) is 71.0 Å². The monoisotopic (exact) mass is 415 g/mol. The van der Waals surface area contributed by atoms with Gasteiger partial charge in [-0.3, -0.25) is 0 Å². The molecule has 0 aromatic heterocycles. The maximum absolute atomic E-state index is 13.4. The van der Waals surface area contributed by atoms with Gasteiger partial charge in [-0.25, -0.2) is 14.0 Å². The first-order valence-electron chi connectivity index (χ1n) is 9.98. The quantitative estimate of drug-likeness (QED) is 0.666. The van der Waals surface area contributed by atoms with Crippen molar-refractivity contribution in [1.82, 2.24) is 5.32 Å². The fraction of sp³-hybridized carbons (Fsp3) is 0.417. The van der Waals surface area contributed by atoms with Gasteiger partial charge in [0, 0.05) is 5.92 Å². The average Bonchev–Trinajstić information content (AvgIpc) is 2.63. The lowest BCUT2D eigenvalue weighted by molar-refractivity contribution is -0.150. The first-order valence-corrected chi connectivity index (χ1v) is 9.98. The van der Waals surface area contributed by atoms with Crippen molar-refractivity contribution in [2.75, 3.05) is 0 Å². The van der Waals surface area contributed by atoms with Crippen molar-refractivity contribution < 1.29 is 23.5 Å². The predicted octanol–water partition coefficient (Wildman–Crippen LogP) is 5.11. The first kappa shape index (κ1) is 23.4. The summed E-state index contributed by atoms with van der Waals surface area (Å²) < 4.78 is 24.3. The summed E-state index contributed by atoms with van der Waals surface area (Å²) in [6, 6.07) is 13.2. The molecular weight excluding hydrogens is 385 g/mol. The van der Waals surface area contributed by atoms with E-state index in [0.717, 1.165) is 16.7 Å². The Hall–Kier alpha value is -2.89. The van der Waals surface area contributed by atoms with Crippen LogP contribution in [0.3, 0.4) is 0 Å². The Morgan fingerprint density at radius 1 is 0.933 bits per heavy atom. The molecule has 0 fully saturated rings. The van der Waals surface area contributed by atoms with E-state index in [1.165, 1.54) is 19.1 Å². The number of aryl methyl sites for hydroxylation is 1. The lowest BCUT2D eigenvalue weighted by Gasteiger charge is -2.27. The molecule has 0 bridgehead atoms. The maximum Gasteiger partial charge on any atom is 0.408 e. The van der Waals surface area contributed by atoms with Crippen molar-refractivity contribution in [3.8, 4) is 0 Å². The highest BCUT2D eigenvalue weighted by molar-refractivity contribution is 5.81. The van der Waals surface area contributed by atoms with Crippen LogP contribution in [0.4, 0.5) is 9.18 Å². The zero-order valence-corrected chi connectivity index (χ0v) is 18.4. The fourth-order valence-corrected chi connectivity index (χ4v) is 3.07. The minimum Gasteiger partial charge on any atom is -0.460 e. The minimum absolute atomic E-state index is 0.288. The summed E-state index contributed by atoms with van der Waals surface area (Å²) in [5.41, 5.74) is 2.21. The third-order valence-corrected chi connectivity index (χ3v) is 4.52. The molecule has 0 aliphatic carbocycles. The maximum atomic E-state index is 13.4. The van der Waals surface area contributed by atoms with E-state index < -0.39 is 29.8 Å². The Kier molecular flexibility index (Phi) is 7.59. The molecular formula is C24H30FNO4. The van der Waals surface area contributed by atoms with Gasteiger partial charge in [-0.1, -0.05) is 42.0 Å². The second-order valence-corrected chi connectivity index (χ2v) is 8.45. The number of carbonyl (C=O) groups is 2. The Balaban J connectivity index is 2.16. The fourth-order valence-electron chi connectivity index (χ4n) is 3.07. The molecule has 0 aliphatic rings. The molecule has 0 radical (unpaired) electrons. The van der Waals surface area contributed by atoms with Crippen LogP contribution in [0.5, 0.6) is 0 Å². The van der Waals surface area contributed by atoms with Gasteiger partial charge in [-0.05, 0) is 64.8 Å². The molecule has 2 aromatic rings. The number of nitrogens with one attached hydrogen (secondary N) is 1. The Morgan fingerprint density at radius 2 is 1.43 bits per heavy atom. The van der Waals surface area contributed by atoms with Crippen molar-refractivity contribution in [1.29, 1.82) is 0 Å². The van der Waals surface area contributed by atoms with E-state index in [2.05, 4.69) is 5.32 Å².